The van der Waals surface area contributed by atoms with Gasteiger partial charge in [-0.15, -0.1) is 0 Å². The lowest BCUT2D eigenvalue weighted by Crippen LogP contribution is -2.36. The molecule has 0 saturated carbocycles. The van der Waals surface area contributed by atoms with Gasteiger partial charge in [-0.3, -0.25) is 4.72 Å². The molecule has 1 aliphatic heterocycles. The third-order valence-electron chi connectivity index (χ3n) is 5.24. The number of aliphatic imine (C=N–C) groups is 1. The molecule has 37 heavy (non-hydrogen) atoms. The number of nitrogens with zero attached hydrogens (tertiary/aromatic N) is 4. The minimum absolute atomic E-state index is 0.0187. The summed E-state index contributed by atoms with van der Waals surface area (Å²) in [5.41, 5.74) is 4.29. The summed E-state index contributed by atoms with van der Waals surface area (Å²) >= 11 is 6.23. The van der Waals surface area contributed by atoms with Gasteiger partial charge < -0.3 is 15.1 Å². The fraction of sp³-hybridized carbons (Fsp3) is 0.391. The van der Waals surface area contributed by atoms with E-state index in [-0.39, 0.29) is 28.2 Å². The number of rotatable bonds is 9. The number of hydrogen-bond acceptors (Lipinski definition) is 9. The highest BCUT2D eigenvalue weighted by Crippen LogP contribution is 2.39. The second-order valence-electron chi connectivity index (χ2n) is 8.75. The molecule has 200 valence electrons. The van der Waals surface area contributed by atoms with E-state index in [0.717, 1.165) is 6.26 Å². The number of benzene rings is 1. The molecule has 1 aromatic carbocycles. The number of methoxy groups -OCH3 is 1. The largest absolute Gasteiger partial charge is 0.451 e. The van der Waals surface area contributed by atoms with Gasteiger partial charge in [0.1, 0.15) is 0 Å². The van der Waals surface area contributed by atoms with Crippen molar-refractivity contribution in [3.63, 3.8) is 0 Å². The van der Waals surface area contributed by atoms with Crippen LogP contribution in [0.1, 0.15) is 38.1 Å². The van der Waals surface area contributed by atoms with Crippen molar-refractivity contribution in [2.24, 2.45) is 10.9 Å². The van der Waals surface area contributed by atoms with Crippen LogP contribution in [0.15, 0.2) is 35.6 Å². The number of hydrogen-bond donors (Lipinski definition) is 3. The molecular formula is C23H29ClFN7O4S. The Bertz CT molecular complexity index is 1320. The van der Waals surface area contributed by atoms with Gasteiger partial charge in [0.25, 0.3) is 0 Å². The first-order valence-electron chi connectivity index (χ1n) is 11.3. The third-order valence-corrected chi connectivity index (χ3v) is 6.05. The Hall–Kier alpha value is -3.29. The number of amides is 1. The number of anilines is 2. The van der Waals surface area contributed by atoms with Crippen LogP contribution in [0.25, 0.3) is 5.57 Å². The summed E-state index contributed by atoms with van der Waals surface area (Å²) in [4.78, 5) is 23.7. The Morgan fingerprint density at radius 3 is 2.76 bits per heavy atom. The number of ether oxygens (including phenoxy) is 1. The van der Waals surface area contributed by atoms with Crippen molar-refractivity contribution >= 4 is 51.1 Å². The van der Waals surface area contributed by atoms with Gasteiger partial charge in [-0.25, -0.2) is 33.0 Å². The first kappa shape index (κ1) is 28.3. The zero-order valence-corrected chi connectivity index (χ0v) is 22.6. The lowest BCUT2D eigenvalue weighted by Gasteiger charge is -2.25. The van der Waals surface area contributed by atoms with Crippen molar-refractivity contribution in [2.75, 3.05) is 29.9 Å². The fourth-order valence-electron chi connectivity index (χ4n) is 3.47. The number of hydrazine groups is 1. The summed E-state index contributed by atoms with van der Waals surface area (Å²) in [6.07, 6.45) is 5.10. The summed E-state index contributed by atoms with van der Waals surface area (Å²) in [5.74, 6) is -0.552. The Morgan fingerprint density at radius 1 is 1.38 bits per heavy atom. The molecule has 3 N–H and O–H groups in total. The molecule has 1 aliphatic rings. The molecule has 2 aromatic rings. The standard InChI is InChI=1S/C23H29ClFN7O4S/c1-13(2)32-12-17(18-6-7-26-22(29-18)27-10-14(3)11-28-23(33)36-4)21(30-32)16-8-15(24)9-19(20(16)25)31-37(5,34)35/h6-9,11-14,21,30-31H,10H2,1-5H3,(H,26,27,29)/b28-11-. The number of aromatic nitrogens is 2. The van der Waals surface area contributed by atoms with Crippen LogP contribution < -0.4 is 15.5 Å². The van der Waals surface area contributed by atoms with E-state index in [1.165, 1.54) is 25.5 Å². The molecule has 11 nitrogen and oxygen atoms in total. The second-order valence-corrected chi connectivity index (χ2v) is 10.9. The van der Waals surface area contributed by atoms with Crippen LogP contribution in [0.4, 0.5) is 20.8 Å². The summed E-state index contributed by atoms with van der Waals surface area (Å²) in [5, 5.41) is 5.07. The second kappa shape index (κ2) is 11.8. The number of nitrogens with one attached hydrogen (secondary N) is 3. The van der Waals surface area contributed by atoms with Crippen LogP contribution >= 0.6 is 11.6 Å². The summed E-state index contributed by atoms with van der Waals surface area (Å²) in [6.45, 7) is 6.16. The summed E-state index contributed by atoms with van der Waals surface area (Å²) in [7, 11) is -2.48. The van der Waals surface area contributed by atoms with Gasteiger partial charge in [-0.2, -0.15) is 4.99 Å². The average molecular weight is 554 g/mol. The normalized spacial score (nSPS) is 16.7. The molecule has 0 spiro atoms. The van der Waals surface area contributed by atoms with E-state index in [9.17, 15) is 13.2 Å². The van der Waals surface area contributed by atoms with Crippen molar-refractivity contribution in [3.05, 3.63) is 52.7 Å². The molecule has 1 amide bonds. The zero-order valence-electron chi connectivity index (χ0n) is 21.0. The van der Waals surface area contributed by atoms with Crippen molar-refractivity contribution in [1.82, 2.24) is 20.4 Å². The van der Waals surface area contributed by atoms with Gasteiger partial charge in [0.15, 0.2) is 5.82 Å². The molecule has 3 rings (SSSR count). The van der Waals surface area contributed by atoms with Gasteiger partial charge >= 0.3 is 6.09 Å². The average Bonchev–Trinajstić information content (AvgIpc) is 3.28. The number of halogens is 2. The number of carbonyl (C=O) groups excluding carboxylic acids is 1. The lowest BCUT2D eigenvalue weighted by atomic mass is 9.97. The van der Waals surface area contributed by atoms with Crippen LogP contribution in [0.5, 0.6) is 0 Å². The maximum absolute atomic E-state index is 15.5. The van der Waals surface area contributed by atoms with Crippen molar-refractivity contribution in [1.29, 1.82) is 0 Å². The van der Waals surface area contributed by atoms with Crippen molar-refractivity contribution in [3.8, 4) is 0 Å². The maximum Gasteiger partial charge on any atom is 0.432 e. The van der Waals surface area contributed by atoms with E-state index >= 15 is 4.39 Å². The molecule has 1 aromatic heterocycles. The monoisotopic (exact) mass is 553 g/mol. The van der Waals surface area contributed by atoms with Crippen molar-refractivity contribution in [2.45, 2.75) is 32.9 Å². The van der Waals surface area contributed by atoms with E-state index in [1.54, 1.807) is 12.3 Å². The van der Waals surface area contributed by atoms with Gasteiger partial charge in [0.2, 0.25) is 16.0 Å². The molecule has 0 radical (unpaired) electrons. The van der Waals surface area contributed by atoms with E-state index in [0.29, 0.717) is 23.8 Å². The highest BCUT2D eigenvalue weighted by Gasteiger charge is 2.32. The van der Waals surface area contributed by atoms with Gasteiger partial charge in [-0.1, -0.05) is 18.5 Å². The van der Waals surface area contributed by atoms with Crippen LogP contribution in [0, 0.1) is 11.7 Å². The molecule has 14 heteroatoms. The Morgan fingerprint density at radius 2 is 2.11 bits per heavy atom. The minimum Gasteiger partial charge on any atom is -0.451 e. The van der Waals surface area contributed by atoms with Crippen LogP contribution in [0.3, 0.4) is 0 Å². The summed E-state index contributed by atoms with van der Waals surface area (Å²) < 4.78 is 45.7. The molecule has 0 bridgehead atoms. The Kier molecular flexibility index (Phi) is 9.05. The maximum atomic E-state index is 15.5. The fourth-order valence-corrected chi connectivity index (χ4v) is 4.25. The molecule has 2 atom stereocenters. The van der Waals surface area contributed by atoms with E-state index < -0.39 is 28.0 Å². The van der Waals surface area contributed by atoms with Gasteiger partial charge in [0.05, 0.1) is 30.8 Å². The first-order valence-corrected chi connectivity index (χ1v) is 13.6. The van der Waals surface area contributed by atoms with Crippen LogP contribution in [0.2, 0.25) is 5.02 Å². The molecule has 2 heterocycles. The Labute approximate surface area is 220 Å². The topological polar surface area (TPSA) is 138 Å². The number of sulfonamides is 1. The molecule has 0 saturated heterocycles. The van der Waals surface area contributed by atoms with E-state index in [2.05, 4.69) is 35.2 Å². The third kappa shape index (κ3) is 7.60. The molecule has 0 fully saturated rings. The summed E-state index contributed by atoms with van der Waals surface area (Å²) in [6, 6.07) is 3.66. The van der Waals surface area contributed by atoms with E-state index in [1.807, 2.05) is 32.0 Å². The van der Waals surface area contributed by atoms with Crippen LogP contribution in [-0.4, -0.2) is 61.7 Å². The minimum atomic E-state index is -3.73. The highest BCUT2D eigenvalue weighted by molar-refractivity contribution is 7.92. The lowest BCUT2D eigenvalue weighted by molar-refractivity contribution is 0.182. The number of carbonyl (C=O) groups is 1. The Balaban J connectivity index is 1.92. The van der Waals surface area contributed by atoms with Gasteiger partial charge in [0, 0.05) is 53.3 Å². The predicted molar refractivity (Wildman–Crippen MR) is 141 cm³/mol. The molecule has 0 aliphatic carbocycles. The zero-order chi connectivity index (χ0) is 27.3. The first-order chi connectivity index (χ1) is 17.4. The smallest absolute Gasteiger partial charge is 0.432 e. The van der Waals surface area contributed by atoms with Crippen LogP contribution in [-0.2, 0) is 14.8 Å². The SMILES string of the molecule is COC(=O)/N=C\C(C)CNc1nccc(C2=CN(C(C)C)NC2c2cc(Cl)cc(NS(C)(=O)=O)c2F)n1. The van der Waals surface area contributed by atoms with Crippen molar-refractivity contribution < 1.29 is 22.3 Å². The molecular weight excluding hydrogens is 525 g/mol. The quantitative estimate of drug-likeness (QED) is 0.395. The highest BCUT2D eigenvalue weighted by atomic mass is 35.5. The van der Waals surface area contributed by atoms with Gasteiger partial charge in [-0.05, 0) is 32.0 Å². The van der Waals surface area contributed by atoms with E-state index in [4.69, 9.17) is 11.6 Å². The molecule has 2 unspecified atom stereocenters. The predicted octanol–water partition coefficient (Wildman–Crippen LogP) is 3.84.